The minimum Gasteiger partial charge on any atom is -0.497 e. The molecule has 1 atom stereocenters. The Morgan fingerprint density at radius 1 is 1.09 bits per heavy atom. The van der Waals surface area contributed by atoms with E-state index in [1.807, 2.05) is 36.4 Å². The molecule has 0 saturated carbocycles. The third-order valence-corrected chi connectivity index (χ3v) is 4.20. The molecule has 3 rings (SSSR count). The Morgan fingerprint density at radius 3 is 2.57 bits per heavy atom. The largest absolute Gasteiger partial charge is 0.497 e. The van der Waals surface area contributed by atoms with Gasteiger partial charge in [-0.1, -0.05) is 12.1 Å². The van der Waals surface area contributed by atoms with Crippen molar-refractivity contribution in [2.75, 3.05) is 13.7 Å². The van der Waals surface area contributed by atoms with Crippen LogP contribution in [0.15, 0.2) is 42.5 Å². The summed E-state index contributed by atoms with van der Waals surface area (Å²) in [5, 5.41) is 9.47. The Hall–Kier alpha value is -1.75. The topological polar surface area (TPSA) is 64.7 Å². The molecule has 0 fully saturated rings. The summed E-state index contributed by atoms with van der Waals surface area (Å²) in [7, 11) is 1.63. The van der Waals surface area contributed by atoms with Gasteiger partial charge in [0.05, 0.1) is 13.7 Å². The van der Waals surface area contributed by atoms with Gasteiger partial charge in [0.1, 0.15) is 17.2 Å². The molecule has 0 spiro atoms. The third-order valence-electron chi connectivity index (χ3n) is 4.20. The van der Waals surface area contributed by atoms with Gasteiger partial charge in [0.2, 0.25) is 0 Å². The van der Waals surface area contributed by atoms with Crippen molar-refractivity contribution in [2.45, 2.75) is 24.8 Å². The van der Waals surface area contributed by atoms with Crippen molar-refractivity contribution in [3.05, 3.63) is 53.6 Å². The first-order chi connectivity index (χ1) is 10.6. The van der Waals surface area contributed by atoms with E-state index in [-0.39, 0.29) is 19.0 Å². The first-order valence-corrected chi connectivity index (χ1v) is 7.45. The van der Waals surface area contributed by atoms with Gasteiger partial charge in [0, 0.05) is 11.6 Å². The van der Waals surface area contributed by atoms with Gasteiger partial charge in [-0.15, -0.1) is 12.4 Å². The molecule has 0 radical (unpaired) electrons. The van der Waals surface area contributed by atoms with Gasteiger partial charge < -0.3 is 20.3 Å². The molecule has 0 amide bonds. The maximum absolute atomic E-state index is 9.47. The normalized spacial score (nSPS) is 19.4. The lowest BCUT2D eigenvalue weighted by atomic mass is 9.79. The Labute approximate surface area is 142 Å². The lowest BCUT2D eigenvalue weighted by Gasteiger charge is -2.33. The van der Waals surface area contributed by atoms with E-state index in [0.717, 1.165) is 35.7 Å². The summed E-state index contributed by atoms with van der Waals surface area (Å²) in [6, 6.07) is 13.6. The molecule has 3 N–H and O–H groups in total. The highest BCUT2D eigenvalue weighted by Crippen LogP contribution is 2.32. The van der Waals surface area contributed by atoms with Gasteiger partial charge in [0.25, 0.3) is 0 Å². The smallest absolute Gasteiger partial charge is 0.131 e. The third kappa shape index (κ3) is 3.96. The zero-order valence-electron chi connectivity index (χ0n) is 13.1. The van der Waals surface area contributed by atoms with Crippen molar-refractivity contribution in [3.8, 4) is 17.2 Å². The monoisotopic (exact) mass is 335 g/mol. The number of aliphatic hydroxyl groups is 1. The molecular weight excluding hydrogens is 314 g/mol. The van der Waals surface area contributed by atoms with Crippen LogP contribution in [0, 0.1) is 0 Å². The van der Waals surface area contributed by atoms with Crippen LogP contribution < -0.4 is 15.2 Å². The molecule has 2 aromatic rings. The van der Waals surface area contributed by atoms with E-state index < -0.39 is 5.54 Å². The fourth-order valence-electron chi connectivity index (χ4n) is 2.86. The van der Waals surface area contributed by atoms with Crippen molar-refractivity contribution < 1.29 is 14.6 Å². The minimum absolute atomic E-state index is 0. The predicted molar refractivity (Wildman–Crippen MR) is 92.8 cm³/mol. The highest BCUT2D eigenvalue weighted by atomic mass is 35.5. The molecular formula is C18H22ClNO3. The van der Waals surface area contributed by atoms with Crippen molar-refractivity contribution >= 4 is 12.4 Å². The van der Waals surface area contributed by atoms with E-state index in [1.165, 1.54) is 5.56 Å². The molecule has 1 unspecified atom stereocenters. The fraction of sp³-hybridized carbons (Fsp3) is 0.333. The molecule has 1 aliphatic carbocycles. The maximum Gasteiger partial charge on any atom is 0.131 e. The lowest BCUT2D eigenvalue weighted by Crippen LogP contribution is -2.48. The number of fused-ring (bicyclic) bond motifs is 1. The maximum atomic E-state index is 9.47. The van der Waals surface area contributed by atoms with Crippen LogP contribution in [0.25, 0.3) is 0 Å². The van der Waals surface area contributed by atoms with E-state index in [9.17, 15) is 5.11 Å². The average molecular weight is 336 g/mol. The second-order valence-corrected chi connectivity index (χ2v) is 5.91. The Balaban J connectivity index is 0.00000192. The highest BCUT2D eigenvalue weighted by molar-refractivity contribution is 5.85. The zero-order valence-corrected chi connectivity index (χ0v) is 13.9. The number of benzene rings is 2. The van der Waals surface area contributed by atoms with Gasteiger partial charge in [-0.3, -0.25) is 0 Å². The zero-order chi connectivity index (χ0) is 15.6. The van der Waals surface area contributed by atoms with Gasteiger partial charge in [-0.25, -0.2) is 0 Å². The Kier molecular flexibility index (Phi) is 5.52. The van der Waals surface area contributed by atoms with Gasteiger partial charge >= 0.3 is 0 Å². The van der Waals surface area contributed by atoms with Gasteiger partial charge in [-0.2, -0.15) is 0 Å². The lowest BCUT2D eigenvalue weighted by molar-refractivity contribution is 0.181. The van der Waals surface area contributed by atoms with E-state index in [2.05, 4.69) is 6.07 Å². The van der Waals surface area contributed by atoms with Crippen molar-refractivity contribution in [2.24, 2.45) is 5.73 Å². The summed E-state index contributed by atoms with van der Waals surface area (Å²) in [6.45, 7) is 0.00735. The second-order valence-electron chi connectivity index (χ2n) is 5.91. The van der Waals surface area contributed by atoms with Crippen LogP contribution in [0.2, 0.25) is 0 Å². The fourth-order valence-corrected chi connectivity index (χ4v) is 2.86. The minimum atomic E-state index is -0.512. The number of hydrogen-bond donors (Lipinski definition) is 2. The number of halogens is 1. The molecule has 2 aromatic carbocycles. The van der Waals surface area contributed by atoms with E-state index in [4.69, 9.17) is 15.2 Å². The standard InChI is InChI=1S/C18H21NO3.ClH/c1-21-15-3-2-4-16(10-15)22-17-6-5-13-7-8-18(19,12-20)11-14(13)9-17;/h2-6,9-10,20H,7-8,11-12,19H2,1H3;1H. The molecule has 0 heterocycles. The van der Waals surface area contributed by atoms with E-state index >= 15 is 0 Å². The number of nitrogens with two attached hydrogens (primary N) is 1. The van der Waals surface area contributed by atoms with Crippen molar-refractivity contribution in [3.63, 3.8) is 0 Å². The van der Waals surface area contributed by atoms with Crippen LogP contribution in [0.5, 0.6) is 17.2 Å². The van der Waals surface area contributed by atoms with E-state index in [1.54, 1.807) is 7.11 Å². The van der Waals surface area contributed by atoms with Crippen molar-refractivity contribution in [1.29, 1.82) is 0 Å². The van der Waals surface area contributed by atoms with Crippen LogP contribution in [0.3, 0.4) is 0 Å². The summed E-state index contributed by atoms with van der Waals surface area (Å²) in [4.78, 5) is 0. The Bertz CT molecular complexity index is 677. The number of hydrogen-bond acceptors (Lipinski definition) is 4. The number of aryl methyl sites for hydroxylation is 1. The van der Waals surface area contributed by atoms with Crippen LogP contribution in [-0.4, -0.2) is 24.4 Å². The molecule has 4 nitrogen and oxygen atoms in total. The molecule has 1 aliphatic rings. The predicted octanol–water partition coefficient (Wildman–Crippen LogP) is 3.09. The van der Waals surface area contributed by atoms with Crippen LogP contribution in [-0.2, 0) is 12.8 Å². The van der Waals surface area contributed by atoms with Crippen LogP contribution in [0.1, 0.15) is 17.5 Å². The summed E-state index contributed by atoms with van der Waals surface area (Å²) in [5.41, 5.74) is 8.13. The molecule has 0 aliphatic heterocycles. The summed E-state index contributed by atoms with van der Waals surface area (Å²) < 4.78 is 11.1. The quantitative estimate of drug-likeness (QED) is 0.901. The van der Waals surface area contributed by atoms with E-state index in [0.29, 0.717) is 6.42 Å². The number of ether oxygens (including phenoxy) is 2. The number of aliphatic hydroxyl groups excluding tert-OH is 1. The van der Waals surface area contributed by atoms with Gasteiger partial charge in [-0.05, 0) is 54.7 Å². The summed E-state index contributed by atoms with van der Waals surface area (Å²) in [6.07, 6.45) is 2.38. The molecule has 124 valence electrons. The number of rotatable bonds is 4. The Morgan fingerprint density at radius 2 is 1.83 bits per heavy atom. The molecule has 0 bridgehead atoms. The van der Waals surface area contributed by atoms with Crippen molar-refractivity contribution in [1.82, 2.24) is 0 Å². The average Bonchev–Trinajstić information content (AvgIpc) is 2.54. The highest BCUT2D eigenvalue weighted by Gasteiger charge is 2.29. The van der Waals surface area contributed by atoms with Crippen LogP contribution >= 0.6 is 12.4 Å². The molecule has 5 heteroatoms. The van der Waals surface area contributed by atoms with Crippen LogP contribution in [0.4, 0.5) is 0 Å². The first-order valence-electron chi connectivity index (χ1n) is 7.45. The van der Waals surface area contributed by atoms with Gasteiger partial charge in [0.15, 0.2) is 0 Å². The summed E-state index contributed by atoms with van der Waals surface area (Å²) in [5.74, 6) is 2.27. The molecule has 0 aromatic heterocycles. The second kappa shape index (κ2) is 7.21. The number of methoxy groups -OCH3 is 1. The molecule has 23 heavy (non-hydrogen) atoms. The summed E-state index contributed by atoms with van der Waals surface area (Å²) >= 11 is 0. The molecule has 0 saturated heterocycles. The first kappa shape index (κ1) is 17.6. The SMILES string of the molecule is COc1cccc(Oc2ccc3c(c2)CC(N)(CO)CC3)c1.Cl.